The van der Waals surface area contributed by atoms with Gasteiger partial charge in [0.05, 0.1) is 0 Å². The van der Waals surface area contributed by atoms with Crippen LogP contribution in [0.2, 0.25) is 0 Å². The van der Waals surface area contributed by atoms with Crippen LogP contribution in [-0.2, 0) is 9.59 Å². The predicted molar refractivity (Wildman–Crippen MR) is 50.0 cm³/mol. The fourth-order valence-corrected chi connectivity index (χ4v) is 1.20. The fourth-order valence-electron chi connectivity index (χ4n) is 1.20. The number of quaternary nitrogens is 1. The van der Waals surface area contributed by atoms with Gasteiger partial charge in [0.1, 0.15) is 12.2 Å². The van der Waals surface area contributed by atoms with Gasteiger partial charge in [-0.05, 0) is 12.8 Å². The number of rotatable bonds is 3. The lowest BCUT2D eigenvalue weighted by Crippen LogP contribution is -3.15. The van der Waals surface area contributed by atoms with Crippen molar-refractivity contribution in [3.8, 4) is 0 Å². The molecule has 1 aliphatic heterocycles. The second kappa shape index (κ2) is 4.88. The molecule has 0 radical (unpaired) electrons. The maximum absolute atomic E-state index is 11.2. The van der Waals surface area contributed by atoms with Gasteiger partial charge < -0.3 is 10.5 Å². The number of nitrogens with one attached hydrogen (secondary N) is 2. The molecule has 0 aromatic rings. The summed E-state index contributed by atoms with van der Waals surface area (Å²) in [6, 6.07) is 0. The standard InChI is InChI=1S/C9H14N2O3/c1-2-3-4-5-7-9(13)11(14)8(12)6-10-7/h5,10-11H,2-4,6H2,1H3. The third-order valence-corrected chi connectivity index (χ3v) is 2.05. The predicted octanol–water partition coefficient (Wildman–Crippen LogP) is -0.900. The Labute approximate surface area is 82.3 Å². The smallest absolute Gasteiger partial charge is 0.367 e. The number of piperazine rings is 1. The van der Waals surface area contributed by atoms with Gasteiger partial charge in [-0.25, -0.2) is 14.7 Å². The molecular weight excluding hydrogens is 184 g/mol. The summed E-state index contributed by atoms with van der Waals surface area (Å²) >= 11 is 0. The van der Waals surface area contributed by atoms with Crippen LogP contribution < -0.4 is 10.4 Å². The molecule has 0 spiro atoms. The molecule has 78 valence electrons. The van der Waals surface area contributed by atoms with Crippen LogP contribution in [0.1, 0.15) is 26.2 Å². The van der Waals surface area contributed by atoms with Crippen LogP contribution in [0, 0.1) is 5.21 Å². The van der Waals surface area contributed by atoms with Crippen molar-refractivity contribution in [1.29, 1.82) is 0 Å². The van der Waals surface area contributed by atoms with Crippen molar-refractivity contribution in [1.82, 2.24) is 5.32 Å². The van der Waals surface area contributed by atoms with Gasteiger partial charge in [-0.1, -0.05) is 19.4 Å². The second-order valence-corrected chi connectivity index (χ2v) is 3.20. The number of imide groups is 1. The highest BCUT2D eigenvalue weighted by Gasteiger charge is 2.29. The Bertz CT molecular complexity index is 273. The van der Waals surface area contributed by atoms with Gasteiger partial charge in [0, 0.05) is 0 Å². The van der Waals surface area contributed by atoms with E-state index in [4.69, 9.17) is 0 Å². The van der Waals surface area contributed by atoms with Gasteiger partial charge in [-0.2, -0.15) is 0 Å². The number of unbranched alkanes of at least 4 members (excludes halogenated alkanes) is 2. The zero-order valence-corrected chi connectivity index (χ0v) is 8.13. The van der Waals surface area contributed by atoms with E-state index in [1.54, 1.807) is 6.08 Å². The summed E-state index contributed by atoms with van der Waals surface area (Å²) in [4.78, 5) is 22.0. The van der Waals surface area contributed by atoms with Crippen molar-refractivity contribution < 1.29 is 14.7 Å². The van der Waals surface area contributed by atoms with E-state index in [0.29, 0.717) is 0 Å². The number of hydroxylamine groups is 2. The first-order chi connectivity index (χ1) is 6.66. The summed E-state index contributed by atoms with van der Waals surface area (Å²) in [5.74, 6) is -1.35. The SMILES string of the molecule is CCCCC=C1NCC(=O)[NH+]([O-])C1=O. The highest BCUT2D eigenvalue weighted by Crippen LogP contribution is 1.99. The van der Waals surface area contributed by atoms with Gasteiger partial charge in [-0.3, -0.25) is 0 Å². The van der Waals surface area contributed by atoms with Crippen molar-refractivity contribution in [3.05, 3.63) is 17.0 Å². The van der Waals surface area contributed by atoms with Crippen molar-refractivity contribution in [2.75, 3.05) is 6.54 Å². The molecule has 1 rings (SSSR count). The molecule has 14 heavy (non-hydrogen) atoms. The van der Waals surface area contributed by atoms with Gasteiger partial charge in [-0.15, -0.1) is 0 Å². The zero-order chi connectivity index (χ0) is 10.6. The Morgan fingerprint density at radius 3 is 2.93 bits per heavy atom. The van der Waals surface area contributed by atoms with Crippen molar-refractivity contribution in [2.24, 2.45) is 0 Å². The summed E-state index contributed by atoms with van der Waals surface area (Å²) in [6.07, 6.45) is 4.45. The fraction of sp³-hybridized carbons (Fsp3) is 0.556. The molecule has 1 unspecified atom stereocenters. The number of carbonyl (C=O) groups excluding carboxylic acids is 2. The first-order valence-corrected chi connectivity index (χ1v) is 4.72. The molecule has 1 fully saturated rings. The van der Waals surface area contributed by atoms with E-state index in [-0.39, 0.29) is 12.2 Å². The Morgan fingerprint density at radius 1 is 1.57 bits per heavy atom. The Kier molecular flexibility index (Phi) is 3.79. The number of hydrogen-bond donors (Lipinski definition) is 2. The van der Waals surface area contributed by atoms with Crippen LogP contribution in [-0.4, -0.2) is 18.4 Å². The third kappa shape index (κ3) is 2.40. The van der Waals surface area contributed by atoms with E-state index in [0.717, 1.165) is 19.3 Å². The molecule has 5 heteroatoms. The molecule has 1 heterocycles. The van der Waals surface area contributed by atoms with Gasteiger partial charge in [0.15, 0.2) is 0 Å². The molecule has 2 N–H and O–H groups in total. The van der Waals surface area contributed by atoms with Gasteiger partial charge in [0.2, 0.25) is 0 Å². The first kappa shape index (κ1) is 10.9. The third-order valence-electron chi connectivity index (χ3n) is 2.05. The largest absolute Gasteiger partial charge is 0.619 e. The minimum Gasteiger partial charge on any atom is -0.619 e. The lowest BCUT2D eigenvalue weighted by Gasteiger charge is -2.23. The minimum absolute atomic E-state index is 0.0530. The van der Waals surface area contributed by atoms with Crippen LogP contribution >= 0.6 is 0 Å². The lowest BCUT2D eigenvalue weighted by atomic mass is 10.2. The van der Waals surface area contributed by atoms with Crippen LogP contribution in [0.4, 0.5) is 0 Å². The van der Waals surface area contributed by atoms with Crippen LogP contribution in [0.5, 0.6) is 0 Å². The Morgan fingerprint density at radius 2 is 2.29 bits per heavy atom. The van der Waals surface area contributed by atoms with E-state index < -0.39 is 16.9 Å². The van der Waals surface area contributed by atoms with Crippen molar-refractivity contribution >= 4 is 11.8 Å². The van der Waals surface area contributed by atoms with E-state index in [2.05, 4.69) is 5.32 Å². The summed E-state index contributed by atoms with van der Waals surface area (Å²) in [5, 5.41) is 12.7. The maximum Gasteiger partial charge on any atom is 0.367 e. The molecule has 0 bridgehead atoms. The molecule has 0 aliphatic carbocycles. The molecule has 1 atom stereocenters. The second-order valence-electron chi connectivity index (χ2n) is 3.20. The number of allylic oxidation sites excluding steroid dienone is 1. The van der Waals surface area contributed by atoms with E-state index in [1.165, 1.54) is 0 Å². The van der Waals surface area contributed by atoms with Crippen LogP contribution in [0.3, 0.4) is 0 Å². The molecule has 1 saturated heterocycles. The van der Waals surface area contributed by atoms with E-state index in [9.17, 15) is 14.8 Å². The van der Waals surface area contributed by atoms with Crippen LogP contribution in [0.25, 0.3) is 0 Å². The monoisotopic (exact) mass is 198 g/mol. The Hall–Kier alpha value is -1.20. The molecule has 0 saturated carbocycles. The molecule has 1 aliphatic rings. The summed E-state index contributed by atoms with van der Waals surface area (Å²) < 4.78 is 0. The van der Waals surface area contributed by atoms with Gasteiger partial charge >= 0.3 is 11.8 Å². The Balaban J connectivity index is 2.59. The molecule has 2 amide bonds. The first-order valence-electron chi connectivity index (χ1n) is 4.72. The zero-order valence-electron chi connectivity index (χ0n) is 8.13. The molecule has 5 nitrogen and oxygen atoms in total. The maximum atomic E-state index is 11.2. The minimum atomic E-state index is -0.897. The van der Waals surface area contributed by atoms with Crippen LogP contribution in [0.15, 0.2) is 11.8 Å². The van der Waals surface area contributed by atoms with Gasteiger partial charge in [0.25, 0.3) is 0 Å². The normalized spacial score (nSPS) is 25.3. The van der Waals surface area contributed by atoms with Crippen molar-refractivity contribution in [2.45, 2.75) is 26.2 Å². The van der Waals surface area contributed by atoms with E-state index >= 15 is 0 Å². The topological polar surface area (TPSA) is 73.7 Å². The number of amides is 2. The lowest BCUT2D eigenvalue weighted by molar-refractivity contribution is -0.679. The molecular formula is C9H14N2O3. The quantitative estimate of drug-likeness (QED) is 0.267. The highest BCUT2D eigenvalue weighted by molar-refractivity contribution is 5.95. The summed E-state index contributed by atoms with van der Waals surface area (Å²) in [6.45, 7) is 1.99. The number of carbonyl (C=O) groups is 2. The van der Waals surface area contributed by atoms with Crippen molar-refractivity contribution in [3.63, 3.8) is 0 Å². The molecule has 0 aromatic heterocycles. The summed E-state index contributed by atoms with van der Waals surface area (Å²) in [7, 11) is 0. The highest BCUT2D eigenvalue weighted by atomic mass is 16.5. The number of hydrogen-bond acceptors (Lipinski definition) is 4. The average molecular weight is 198 g/mol. The average Bonchev–Trinajstić information content (AvgIpc) is 2.18. The summed E-state index contributed by atoms with van der Waals surface area (Å²) in [5.41, 5.74) is 0.281. The van der Waals surface area contributed by atoms with E-state index in [1.807, 2.05) is 6.92 Å². The molecule has 0 aromatic carbocycles.